The van der Waals surface area contributed by atoms with E-state index in [4.69, 9.17) is 0 Å². The number of phenolic OH excluding ortho intramolecular Hbond substituents is 2. The molecule has 0 aliphatic carbocycles. The van der Waals surface area contributed by atoms with Crippen LogP contribution in [-0.4, -0.2) is 25.7 Å². The molecule has 132 valence electrons. The molecule has 4 aromatic rings. The van der Waals surface area contributed by atoms with E-state index in [9.17, 15) is 19.8 Å². The number of pyridine rings is 2. The molecule has 2 aromatic heterocycles. The van der Waals surface area contributed by atoms with Gasteiger partial charge in [-0.1, -0.05) is 30.3 Å². The lowest BCUT2D eigenvalue weighted by Crippen LogP contribution is -2.19. The zero-order chi connectivity index (χ0) is 19.0. The van der Waals surface area contributed by atoms with Crippen LogP contribution < -0.4 is 5.43 Å². The van der Waals surface area contributed by atoms with Crippen molar-refractivity contribution < 1.29 is 15.0 Å². The second kappa shape index (κ2) is 6.42. The van der Waals surface area contributed by atoms with E-state index in [0.717, 1.165) is 6.07 Å². The fourth-order valence-corrected chi connectivity index (χ4v) is 3.00. The van der Waals surface area contributed by atoms with Crippen molar-refractivity contribution in [2.75, 3.05) is 0 Å². The van der Waals surface area contributed by atoms with Gasteiger partial charge in [-0.3, -0.25) is 19.1 Å². The van der Waals surface area contributed by atoms with Gasteiger partial charge in [-0.2, -0.15) is 0 Å². The molecule has 0 radical (unpaired) electrons. The predicted octanol–water partition coefficient (Wildman–Crippen LogP) is 3.16. The molecule has 2 heterocycles. The van der Waals surface area contributed by atoms with E-state index in [0.29, 0.717) is 16.8 Å². The second-order valence-electron chi connectivity index (χ2n) is 6.00. The van der Waals surface area contributed by atoms with Gasteiger partial charge in [-0.15, -0.1) is 0 Å². The Balaban J connectivity index is 2.12. The van der Waals surface area contributed by atoms with Crippen LogP contribution in [0.15, 0.2) is 77.9 Å². The molecule has 0 atom stereocenters. The molecular weight excluding hydrogens is 344 g/mol. The lowest BCUT2D eigenvalue weighted by molar-refractivity contribution is 0.0965. The van der Waals surface area contributed by atoms with Gasteiger partial charge in [-0.25, -0.2) is 0 Å². The van der Waals surface area contributed by atoms with Crippen molar-refractivity contribution in [3.63, 3.8) is 0 Å². The molecule has 0 bridgehead atoms. The van der Waals surface area contributed by atoms with E-state index in [1.807, 2.05) is 6.07 Å². The smallest absolute Gasteiger partial charge is 0.264 e. The highest BCUT2D eigenvalue weighted by atomic mass is 16.3. The summed E-state index contributed by atoms with van der Waals surface area (Å²) in [6.07, 6.45) is 2.99. The van der Waals surface area contributed by atoms with E-state index >= 15 is 0 Å². The second-order valence-corrected chi connectivity index (χ2v) is 6.00. The van der Waals surface area contributed by atoms with Crippen LogP contribution in [0.2, 0.25) is 0 Å². The summed E-state index contributed by atoms with van der Waals surface area (Å²) in [4.78, 5) is 29.8. The Kier molecular flexibility index (Phi) is 3.93. The van der Waals surface area contributed by atoms with Crippen LogP contribution in [0.5, 0.6) is 11.5 Å². The molecule has 0 aliphatic heterocycles. The maximum absolute atomic E-state index is 13.2. The number of rotatable bonds is 2. The van der Waals surface area contributed by atoms with Crippen molar-refractivity contribution in [3.05, 3.63) is 88.8 Å². The number of carbonyl (C=O) groups is 1. The third-order valence-electron chi connectivity index (χ3n) is 4.29. The number of phenols is 2. The van der Waals surface area contributed by atoms with Crippen LogP contribution in [0.1, 0.15) is 10.4 Å². The fraction of sp³-hybridized carbons (Fsp3) is 0. The molecule has 0 saturated carbocycles. The van der Waals surface area contributed by atoms with Gasteiger partial charge in [0, 0.05) is 24.5 Å². The van der Waals surface area contributed by atoms with Gasteiger partial charge in [-0.05, 0) is 23.8 Å². The topological polar surface area (TPSA) is 92.4 Å². The van der Waals surface area contributed by atoms with Gasteiger partial charge in [0.25, 0.3) is 5.91 Å². The molecule has 0 aliphatic rings. The van der Waals surface area contributed by atoms with Crippen LogP contribution in [0.4, 0.5) is 0 Å². The highest BCUT2D eigenvalue weighted by molar-refractivity contribution is 6.04. The molecule has 6 nitrogen and oxygen atoms in total. The van der Waals surface area contributed by atoms with Gasteiger partial charge >= 0.3 is 0 Å². The molecule has 0 spiro atoms. The first-order valence-electron chi connectivity index (χ1n) is 8.18. The minimum atomic E-state index is -0.424. The van der Waals surface area contributed by atoms with E-state index in [1.165, 1.54) is 22.9 Å². The summed E-state index contributed by atoms with van der Waals surface area (Å²) < 4.78 is 1.35. The maximum atomic E-state index is 13.2. The normalized spacial score (nSPS) is 10.8. The Morgan fingerprint density at radius 2 is 1.67 bits per heavy atom. The predicted molar refractivity (Wildman–Crippen MR) is 101 cm³/mol. The average molecular weight is 358 g/mol. The summed E-state index contributed by atoms with van der Waals surface area (Å²) in [7, 11) is 0. The third-order valence-corrected chi connectivity index (χ3v) is 4.29. The van der Waals surface area contributed by atoms with Crippen LogP contribution in [0.25, 0.3) is 22.2 Å². The molecule has 0 amide bonds. The lowest BCUT2D eigenvalue weighted by Gasteiger charge is -2.16. The van der Waals surface area contributed by atoms with Crippen molar-refractivity contribution in [1.82, 2.24) is 9.55 Å². The number of fused-ring (bicyclic) bond motifs is 1. The molecule has 0 fully saturated rings. The first-order chi connectivity index (χ1) is 13.1. The molecule has 0 saturated heterocycles. The van der Waals surface area contributed by atoms with Gasteiger partial charge in [0.1, 0.15) is 0 Å². The fourth-order valence-electron chi connectivity index (χ4n) is 3.00. The van der Waals surface area contributed by atoms with Crippen molar-refractivity contribution in [3.8, 4) is 22.8 Å². The standard InChI is InChI=1S/C21H14N2O4/c24-18-10-16(13-5-2-1-3-6-13)23(21(27)14-7-4-8-22-12-14)17-11-20(26)19(25)9-15(17)18/h1-12,25-26H. The first kappa shape index (κ1) is 16.5. The Labute approximate surface area is 153 Å². The van der Waals surface area contributed by atoms with E-state index in [2.05, 4.69) is 4.98 Å². The van der Waals surface area contributed by atoms with E-state index in [-0.39, 0.29) is 16.3 Å². The van der Waals surface area contributed by atoms with Crippen molar-refractivity contribution >= 4 is 16.8 Å². The van der Waals surface area contributed by atoms with Crippen molar-refractivity contribution in [2.45, 2.75) is 0 Å². The number of hydrogen-bond acceptors (Lipinski definition) is 5. The number of nitrogens with zero attached hydrogens (tertiary/aromatic N) is 2. The molecule has 6 heteroatoms. The minimum Gasteiger partial charge on any atom is -0.504 e. The van der Waals surface area contributed by atoms with E-state index < -0.39 is 17.4 Å². The largest absolute Gasteiger partial charge is 0.504 e. The number of aromatic hydroxyl groups is 2. The summed E-state index contributed by atoms with van der Waals surface area (Å²) >= 11 is 0. The van der Waals surface area contributed by atoms with Gasteiger partial charge < -0.3 is 10.2 Å². The number of benzene rings is 2. The van der Waals surface area contributed by atoms with E-state index in [1.54, 1.807) is 42.6 Å². The number of aromatic nitrogens is 2. The molecule has 2 aromatic carbocycles. The lowest BCUT2D eigenvalue weighted by atomic mass is 10.1. The Morgan fingerprint density at radius 3 is 2.37 bits per heavy atom. The van der Waals surface area contributed by atoms with Crippen molar-refractivity contribution in [1.29, 1.82) is 0 Å². The van der Waals surface area contributed by atoms with Crippen LogP contribution in [0.3, 0.4) is 0 Å². The summed E-state index contributed by atoms with van der Waals surface area (Å²) in [5.41, 5.74) is 1.21. The van der Waals surface area contributed by atoms with Gasteiger partial charge in [0.2, 0.25) is 0 Å². The van der Waals surface area contributed by atoms with Gasteiger partial charge in [0.05, 0.1) is 22.2 Å². The summed E-state index contributed by atoms with van der Waals surface area (Å²) in [5, 5.41) is 19.9. The summed E-state index contributed by atoms with van der Waals surface area (Å²) in [6.45, 7) is 0. The Morgan fingerprint density at radius 1 is 0.926 bits per heavy atom. The number of carbonyl (C=O) groups excluding carboxylic acids is 1. The third kappa shape index (κ3) is 2.83. The molecule has 2 N–H and O–H groups in total. The maximum Gasteiger partial charge on any atom is 0.264 e. The highest BCUT2D eigenvalue weighted by Crippen LogP contribution is 2.31. The SMILES string of the molecule is O=C(c1cccnc1)n1c(-c2ccccc2)cc(=O)c2cc(O)c(O)cc21. The van der Waals surface area contributed by atoms with Crippen LogP contribution >= 0.6 is 0 Å². The average Bonchev–Trinajstić information content (AvgIpc) is 2.70. The summed E-state index contributed by atoms with van der Waals surface area (Å²) in [5.74, 6) is -1.25. The van der Waals surface area contributed by atoms with Crippen LogP contribution in [0, 0.1) is 0 Å². The molecule has 0 unspecified atom stereocenters. The molecular formula is C21H14N2O4. The number of hydrogen-bond donors (Lipinski definition) is 2. The Hall–Kier alpha value is -3.93. The quantitative estimate of drug-likeness (QED) is 0.537. The zero-order valence-electron chi connectivity index (χ0n) is 14.0. The minimum absolute atomic E-state index is 0.127. The van der Waals surface area contributed by atoms with Crippen LogP contribution in [-0.2, 0) is 0 Å². The monoisotopic (exact) mass is 358 g/mol. The first-order valence-corrected chi connectivity index (χ1v) is 8.18. The highest BCUT2D eigenvalue weighted by Gasteiger charge is 2.19. The van der Waals surface area contributed by atoms with Gasteiger partial charge in [0.15, 0.2) is 16.9 Å². The van der Waals surface area contributed by atoms with Crippen molar-refractivity contribution in [2.24, 2.45) is 0 Å². The zero-order valence-corrected chi connectivity index (χ0v) is 14.0. The Bertz CT molecular complexity index is 1220. The summed E-state index contributed by atoms with van der Waals surface area (Å²) in [6, 6.07) is 16.0. The molecule has 27 heavy (non-hydrogen) atoms. The molecule has 4 rings (SSSR count).